The third kappa shape index (κ3) is 5.02. The van der Waals surface area contributed by atoms with Crippen LogP contribution < -0.4 is 15.8 Å². The number of nitrogens with one attached hydrogen (secondary N) is 1. The molecule has 2 atom stereocenters. The Kier molecular flexibility index (Phi) is 7.22. The van der Waals surface area contributed by atoms with Crippen molar-refractivity contribution in [2.75, 3.05) is 13.2 Å². The fourth-order valence-electron chi connectivity index (χ4n) is 2.49. The molecule has 0 bridgehead atoms. The highest BCUT2D eigenvalue weighted by atomic mass is 35.5. The molecule has 0 radical (unpaired) electrons. The minimum Gasteiger partial charge on any atom is -0.482 e. The number of hydrogen-bond donors (Lipinski definition) is 2. The number of carbonyl (C=O) groups excluding carboxylic acids is 1. The van der Waals surface area contributed by atoms with Crippen LogP contribution in [0.5, 0.6) is 5.75 Å². The minimum atomic E-state index is -0.441. The van der Waals surface area contributed by atoms with E-state index in [1.54, 1.807) is 0 Å². The third-order valence-electron chi connectivity index (χ3n) is 3.56. The third-order valence-corrected chi connectivity index (χ3v) is 3.86. The van der Waals surface area contributed by atoms with Crippen molar-refractivity contribution in [1.29, 1.82) is 0 Å². The van der Waals surface area contributed by atoms with Crippen molar-refractivity contribution in [3.05, 3.63) is 29.0 Å². The molecule has 1 aliphatic carbocycles. The van der Waals surface area contributed by atoms with Gasteiger partial charge in [0.25, 0.3) is 5.91 Å². The van der Waals surface area contributed by atoms with Crippen molar-refractivity contribution in [3.8, 4) is 5.75 Å². The van der Waals surface area contributed by atoms with Gasteiger partial charge in [-0.3, -0.25) is 4.79 Å². The van der Waals surface area contributed by atoms with Crippen LogP contribution in [0.2, 0.25) is 5.02 Å². The molecule has 1 amide bonds. The van der Waals surface area contributed by atoms with Gasteiger partial charge in [-0.1, -0.05) is 18.0 Å². The van der Waals surface area contributed by atoms with Crippen LogP contribution in [0, 0.1) is 11.7 Å². The maximum Gasteiger partial charge on any atom is 0.258 e. The first kappa shape index (κ1) is 18.0. The lowest BCUT2D eigenvalue weighted by Crippen LogP contribution is -2.42. The highest BCUT2D eigenvalue weighted by molar-refractivity contribution is 6.32. The van der Waals surface area contributed by atoms with Gasteiger partial charge >= 0.3 is 0 Å². The van der Waals surface area contributed by atoms with Gasteiger partial charge in [-0.25, -0.2) is 4.39 Å². The molecule has 0 aliphatic heterocycles. The largest absolute Gasteiger partial charge is 0.482 e. The number of hydrogen-bond acceptors (Lipinski definition) is 3. The molecule has 1 aliphatic rings. The fourth-order valence-corrected chi connectivity index (χ4v) is 2.71. The quantitative estimate of drug-likeness (QED) is 0.868. The first-order chi connectivity index (χ1) is 9.60. The van der Waals surface area contributed by atoms with Gasteiger partial charge in [0.1, 0.15) is 11.6 Å². The van der Waals surface area contributed by atoms with E-state index in [1.807, 2.05) is 0 Å². The first-order valence-electron chi connectivity index (χ1n) is 6.67. The SMILES string of the molecule is Cl.NCC1CCCC1NC(=O)COc1ccc(F)cc1Cl. The molecule has 2 unspecified atom stereocenters. The van der Waals surface area contributed by atoms with E-state index in [-0.39, 0.29) is 36.0 Å². The monoisotopic (exact) mass is 336 g/mol. The minimum absolute atomic E-state index is 0. The van der Waals surface area contributed by atoms with E-state index in [9.17, 15) is 9.18 Å². The van der Waals surface area contributed by atoms with Gasteiger partial charge < -0.3 is 15.8 Å². The summed E-state index contributed by atoms with van der Waals surface area (Å²) in [5.74, 6) is -0.0161. The molecule has 0 aromatic heterocycles. The van der Waals surface area contributed by atoms with Gasteiger partial charge in [0.15, 0.2) is 6.61 Å². The molecule has 1 saturated carbocycles. The van der Waals surface area contributed by atoms with Crippen LogP contribution in [0.3, 0.4) is 0 Å². The number of halogens is 3. The lowest BCUT2D eigenvalue weighted by molar-refractivity contribution is -0.124. The van der Waals surface area contributed by atoms with E-state index in [0.717, 1.165) is 25.3 Å². The maximum atomic E-state index is 12.9. The second-order valence-electron chi connectivity index (χ2n) is 4.96. The number of rotatable bonds is 5. The van der Waals surface area contributed by atoms with Crippen LogP contribution in [0.15, 0.2) is 18.2 Å². The maximum absolute atomic E-state index is 12.9. The highest BCUT2D eigenvalue weighted by Crippen LogP contribution is 2.26. The standard InChI is InChI=1S/C14H18ClFN2O2.ClH/c15-11-6-10(16)4-5-13(11)20-8-14(19)18-12-3-1-2-9(12)7-17;/h4-6,9,12H,1-3,7-8,17H2,(H,18,19);1H. The fraction of sp³-hybridized carbons (Fsp3) is 0.500. The molecule has 2 rings (SSSR count). The van der Waals surface area contributed by atoms with Crippen molar-refractivity contribution in [2.45, 2.75) is 25.3 Å². The average Bonchev–Trinajstić information content (AvgIpc) is 2.85. The summed E-state index contributed by atoms with van der Waals surface area (Å²) in [7, 11) is 0. The summed E-state index contributed by atoms with van der Waals surface area (Å²) in [6.07, 6.45) is 3.08. The van der Waals surface area contributed by atoms with Crippen LogP contribution in [0.4, 0.5) is 4.39 Å². The highest BCUT2D eigenvalue weighted by Gasteiger charge is 2.27. The van der Waals surface area contributed by atoms with Crippen molar-refractivity contribution in [1.82, 2.24) is 5.32 Å². The Morgan fingerprint density at radius 1 is 1.48 bits per heavy atom. The van der Waals surface area contributed by atoms with Crippen molar-refractivity contribution < 1.29 is 13.9 Å². The molecule has 1 fully saturated rings. The summed E-state index contributed by atoms with van der Waals surface area (Å²) in [6, 6.07) is 3.92. The van der Waals surface area contributed by atoms with Crippen molar-refractivity contribution in [2.24, 2.45) is 11.7 Å². The molecule has 118 valence electrons. The molecule has 21 heavy (non-hydrogen) atoms. The normalized spacial score (nSPS) is 20.7. The zero-order valence-electron chi connectivity index (χ0n) is 11.5. The molecule has 1 aromatic carbocycles. The molecule has 0 saturated heterocycles. The van der Waals surface area contributed by atoms with Gasteiger partial charge in [0.2, 0.25) is 0 Å². The smallest absolute Gasteiger partial charge is 0.258 e. The van der Waals surface area contributed by atoms with Gasteiger partial charge in [-0.2, -0.15) is 0 Å². The van der Waals surface area contributed by atoms with Gasteiger partial charge in [0, 0.05) is 6.04 Å². The van der Waals surface area contributed by atoms with Crippen molar-refractivity contribution >= 4 is 29.9 Å². The Morgan fingerprint density at radius 3 is 2.90 bits per heavy atom. The van der Waals surface area contributed by atoms with E-state index >= 15 is 0 Å². The second-order valence-corrected chi connectivity index (χ2v) is 5.37. The Labute approximate surface area is 134 Å². The van der Waals surface area contributed by atoms with E-state index in [2.05, 4.69) is 5.32 Å². The van der Waals surface area contributed by atoms with Gasteiger partial charge in [0.05, 0.1) is 5.02 Å². The number of nitrogens with two attached hydrogens (primary N) is 1. The summed E-state index contributed by atoms with van der Waals surface area (Å²) in [5, 5.41) is 3.07. The molecule has 0 heterocycles. The predicted octanol–water partition coefficient (Wildman–Crippen LogP) is 2.52. The number of amides is 1. The lowest BCUT2D eigenvalue weighted by Gasteiger charge is -2.19. The predicted molar refractivity (Wildman–Crippen MR) is 82.5 cm³/mol. The van der Waals surface area contributed by atoms with E-state index < -0.39 is 5.82 Å². The Balaban J connectivity index is 0.00000220. The summed E-state index contributed by atoms with van der Waals surface area (Å²) >= 11 is 5.82. The van der Waals surface area contributed by atoms with Gasteiger partial charge in [-0.05, 0) is 43.5 Å². The second kappa shape index (κ2) is 8.41. The lowest BCUT2D eigenvalue weighted by atomic mass is 10.0. The number of carbonyl (C=O) groups is 1. The Morgan fingerprint density at radius 2 is 2.24 bits per heavy atom. The molecule has 1 aromatic rings. The summed E-state index contributed by atoms with van der Waals surface area (Å²) in [4.78, 5) is 11.8. The summed E-state index contributed by atoms with van der Waals surface area (Å²) < 4.78 is 18.2. The molecule has 3 N–H and O–H groups in total. The van der Waals surface area contributed by atoms with Crippen LogP contribution in [0.25, 0.3) is 0 Å². The van der Waals surface area contributed by atoms with Crippen molar-refractivity contribution in [3.63, 3.8) is 0 Å². The Hall–Kier alpha value is -1.04. The molecular formula is C14H19Cl2FN2O2. The first-order valence-corrected chi connectivity index (χ1v) is 7.05. The zero-order chi connectivity index (χ0) is 14.5. The topological polar surface area (TPSA) is 64.3 Å². The van der Waals surface area contributed by atoms with E-state index in [4.69, 9.17) is 22.1 Å². The molecule has 4 nitrogen and oxygen atoms in total. The van der Waals surface area contributed by atoms with E-state index in [0.29, 0.717) is 18.2 Å². The van der Waals surface area contributed by atoms with Gasteiger partial charge in [-0.15, -0.1) is 12.4 Å². The van der Waals surface area contributed by atoms with Crippen LogP contribution in [-0.4, -0.2) is 25.1 Å². The summed E-state index contributed by atoms with van der Waals surface area (Å²) in [6.45, 7) is 0.439. The Bertz CT molecular complexity index is 488. The van der Waals surface area contributed by atoms with Crippen LogP contribution >= 0.6 is 24.0 Å². The zero-order valence-corrected chi connectivity index (χ0v) is 13.1. The molecular weight excluding hydrogens is 318 g/mol. The average molecular weight is 337 g/mol. The van der Waals surface area contributed by atoms with E-state index in [1.165, 1.54) is 12.1 Å². The number of ether oxygens (including phenoxy) is 1. The van der Waals surface area contributed by atoms with Crippen LogP contribution in [0.1, 0.15) is 19.3 Å². The van der Waals surface area contributed by atoms with Crippen LogP contribution in [-0.2, 0) is 4.79 Å². The number of benzene rings is 1. The molecule has 0 spiro atoms. The summed E-state index contributed by atoms with van der Waals surface area (Å²) in [5.41, 5.74) is 5.66. The molecule has 7 heteroatoms.